The quantitative estimate of drug-likeness (QED) is 0.560. The van der Waals surface area contributed by atoms with E-state index in [0.717, 1.165) is 42.6 Å². The first-order valence-corrected chi connectivity index (χ1v) is 12.9. The van der Waals surface area contributed by atoms with E-state index in [1.54, 1.807) is 31.2 Å². The van der Waals surface area contributed by atoms with Gasteiger partial charge in [0.15, 0.2) is 6.10 Å². The molecule has 1 atom stereocenters. The summed E-state index contributed by atoms with van der Waals surface area (Å²) in [7, 11) is -3.48. The Labute approximate surface area is 191 Å². The van der Waals surface area contributed by atoms with Crippen molar-refractivity contribution in [3.63, 3.8) is 0 Å². The Bertz CT molecular complexity index is 997. The first kappa shape index (κ1) is 24.3. The molecule has 0 spiro atoms. The second-order valence-electron chi connectivity index (χ2n) is 8.74. The average molecular weight is 459 g/mol. The highest BCUT2D eigenvalue weighted by molar-refractivity contribution is 7.89. The second kappa shape index (κ2) is 11.0. The van der Waals surface area contributed by atoms with Crippen LogP contribution in [0.25, 0.3) is 0 Å². The first-order valence-electron chi connectivity index (χ1n) is 11.4. The van der Waals surface area contributed by atoms with Crippen molar-refractivity contribution in [2.75, 3.05) is 6.54 Å². The van der Waals surface area contributed by atoms with E-state index >= 15 is 0 Å². The van der Waals surface area contributed by atoms with Crippen LogP contribution < -0.4 is 14.8 Å². The van der Waals surface area contributed by atoms with Crippen molar-refractivity contribution in [1.29, 1.82) is 0 Å². The lowest BCUT2D eigenvalue weighted by atomic mass is 10.0. The van der Waals surface area contributed by atoms with E-state index in [1.807, 2.05) is 24.3 Å². The van der Waals surface area contributed by atoms with Crippen LogP contribution in [-0.2, 0) is 21.2 Å². The molecular formula is C25H34N2O4S. The van der Waals surface area contributed by atoms with Gasteiger partial charge in [0.1, 0.15) is 5.75 Å². The van der Waals surface area contributed by atoms with Gasteiger partial charge in [-0.1, -0.05) is 57.0 Å². The molecule has 1 saturated carbocycles. The van der Waals surface area contributed by atoms with Crippen molar-refractivity contribution in [3.05, 3.63) is 59.7 Å². The van der Waals surface area contributed by atoms with Crippen LogP contribution in [-0.4, -0.2) is 33.0 Å². The summed E-state index contributed by atoms with van der Waals surface area (Å²) >= 11 is 0. The van der Waals surface area contributed by atoms with E-state index in [0.29, 0.717) is 18.9 Å². The molecule has 32 heavy (non-hydrogen) atoms. The van der Waals surface area contributed by atoms with Gasteiger partial charge in [-0.25, -0.2) is 13.1 Å². The Morgan fingerprint density at radius 2 is 1.69 bits per heavy atom. The summed E-state index contributed by atoms with van der Waals surface area (Å²) in [6.45, 7) is 6.37. The number of para-hydroxylation sites is 1. The summed E-state index contributed by atoms with van der Waals surface area (Å²) in [6, 6.07) is 14.7. The molecule has 1 amide bonds. The fraction of sp³-hybridized carbons (Fsp3) is 0.480. The highest BCUT2D eigenvalue weighted by Crippen LogP contribution is 2.26. The Balaban J connectivity index is 1.48. The van der Waals surface area contributed by atoms with Gasteiger partial charge < -0.3 is 10.1 Å². The van der Waals surface area contributed by atoms with Crippen LogP contribution in [0.15, 0.2) is 53.4 Å². The Hall–Kier alpha value is -2.38. The highest BCUT2D eigenvalue weighted by atomic mass is 32.2. The van der Waals surface area contributed by atoms with E-state index in [-0.39, 0.29) is 16.8 Å². The number of carbonyl (C=O) groups excluding carboxylic acids is 1. The maximum Gasteiger partial charge on any atom is 0.260 e. The number of sulfonamides is 1. The molecule has 6 nitrogen and oxygen atoms in total. The third-order valence-electron chi connectivity index (χ3n) is 5.84. The molecule has 1 aliphatic carbocycles. The van der Waals surface area contributed by atoms with Crippen molar-refractivity contribution in [3.8, 4) is 5.75 Å². The summed E-state index contributed by atoms with van der Waals surface area (Å²) < 4.78 is 33.7. The summed E-state index contributed by atoms with van der Waals surface area (Å²) in [4.78, 5) is 12.7. The van der Waals surface area contributed by atoms with Gasteiger partial charge >= 0.3 is 0 Å². The Morgan fingerprint density at radius 3 is 2.34 bits per heavy atom. The van der Waals surface area contributed by atoms with Gasteiger partial charge in [0.25, 0.3) is 5.91 Å². The molecule has 0 heterocycles. The number of hydrogen-bond donors (Lipinski definition) is 2. The van der Waals surface area contributed by atoms with Gasteiger partial charge in [-0.2, -0.15) is 0 Å². The van der Waals surface area contributed by atoms with E-state index in [1.165, 1.54) is 0 Å². The lowest BCUT2D eigenvalue weighted by Crippen LogP contribution is -2.37. The van der Waals surface area contributed by atoms with Crippen LogP contribution in [0.1, 0.15) is 63.5 Å². The van der Waals surface area contributed by atoms with Crippen LogP contribution in [0.3, 0.4) is 0 Å². The Kier molecular flexibility index (Phi) is 8.32. The molecule has 0 aliphatic heterocycles. The topological polar surface area (TPSA) is 84.5 Å². The van der Waals surface area contributed by atoms with E-state index in [4.69, 9.17) is 4.74 Å². The molecule has 0 bridgehead atoms. The predicted octanol–water partition coefficient (Wildman–Crippen LogP) is 4.16. The number of benzene rings is 2. The summed E-state index contributed by atoms with van der Waals surface area (Å²) in [5, 5.41) is 2.90. The molecule has 0 saturated heterocycles. The number of nitrogens with one attached hydrogen (secondary N) is 2. The normalized spacial score (nSPS) is 15.6. The van der Waals surface area contributed by atoms with E-state index in [2.05, 4.69) is 23.9 Å². The zero-order chi connectivity index (χ0) is 23.1. The maximum atomic E-state index is 12.5. The van der Waals surface area contributed by atoms with Gasteiger partial charge in [0.2, 0.25) is 10.0 Å². The number of hydrogen-bond acceptors (Lipinski definition) is 4. The van der Waals surface area contributed by atoms with Crippen molar-refractivity contribution >= 4 is 15.9 Å². The Morgan fingerprint density at radius 1 is 1.03 bits per heavy atom. The predicted molar refractivity (Wildman–Crippen MR) is 126 cm³/mol. The van der Waals surface area contributed by atoms with Crippen LogP contribution in [0.4, 0.5) is 0 Å². The van der Waals surface area contributed by atoms with Crippen LogP contribution in [0.5, 0.6) is 5.75 Å². The molecule has 1 unspecified atom stereocenters. The number of ether oxygens (including phenoxy) is 1. The maximum absolute atomic E-state index is 12.5. The largest absolute Gasteiger partial charge is 0.481 e. The first-order chi connectivity index (χ1) is 15.3. The van der Waals surface area contributed by atoms with Crippen molar-refractivity contribution < 1.29 is 17.9 Å². The molecule has 1 aliphatic rings. The third-order valence-corrected chi connectivity index (χ3v) is 7.37. The van der Waals surface area contributed by atoms with Gasteiger partial charge in [-0.05, 0) is 61.4 Å². The molecule has 0 radical (unpaired) electrons. The molecule has 1 fully saturated rings. The fourth-order valence-electron chi connectivity index (χ4n) is 3.95. The molecule has 2 aromatic carbocycles. The molecule has 174 valence electrons. The van der Waals surface area contributed by atoms with Crippen LogP contribution >= 0.6 is 0 Å². The van der Waals surface area contributed by atoms with Gasteiger partial charge in [0, 0.05) is 12.6 Å². The second-order valence-corrected chi connectivity index (χ2v) is 10.5. The molecule has 2 N–H and O–H groups in total. The lowest BCUT2D eigenvalue weighted by molar-refractivity contribution is -0.127. The highest BCUT2D eigenvalue weighted by Gasteiger charge is 2.22. The van der Waals surface area contributed by atoms with Gasteiger partial charge in [-0.15, -0.1) is 0 Å². The zero-order valence-electron chi connectivity index (χ0n) is 19.1. The van der Waals surface area contributed by atoms with Crippen molar-refractivity contribution in [1.82, 2.24) is 10.0 Å². The third kappa shape index (κ3) is 6.56. The average Bonchev–Trinajstić information content (AvgIpc) is 3.26. The number of rotatable bonds is 10. The number of amides is 1. The molecule has 0 aromatic heterocycles. The zero-order valence-corrected chi connectivity index (χ0v) is 20.0. The summed E-state index contributed by atoms with van der Waals surface area (Å²) in [5.41, 5.74) is 2.04. The van der Waals surface area contributed by atoms with Crippen molar-refractivity contribution in [2.24, 2.45) is 0 Å². The van der Waals surface area contributed by atoms with E-state index < -0.39 is 16.1 Å². The number of carbonyl (C=O) groups is 1. The smallest absolute Gasteiger partial charge is 0.260 e. The van der Waals surface area contributed by atoms with Gasteiger partial charge in [0.05, 0.1) is 4.90 Å². The minimum absolute atomic E-state index is 0.0478. The van der Waals surface area contributed by atoms with Gasteiger partial charge in [-0.3, -0.25) is 4.79 Å². The monoisotopic (exact) mass is 458 g/mol. The SMILES string of the molecule is CC(Oc1ccccc1C(C)C)C(=O)NCCc1ccc(S(=O)(=O)NC2CCCC2)cc1. The van der Waals surface area contributed by atoms with Crippen LogP contribution in [0, 0.1) is 0 Å². The lowest BCUT2D eigenvalue weighted by Gasteiger charge is -2.18. The van der Waals surface area contributed by atoms with E-state index in [9.17, 15) is 13.2 Å². The fourth-order valence-corrected chi connectivity index (χ4v) is 5.25. The summed E-state index contributed by atoms with van der Waals surface area (Å²) in [5.74, 6) is 0.860. The molecule has 2 aromatic rings. The standard InChI is InChI=1S/C25H34N2O4S/c1-18(2)23-10-6-7-11-24(23)31-19(3)25(28)26-17-16-20-12-14-22(15-13-20)32(29,30)27-21-8-4-5-9-21/h6-7,10-15,18-19,21,27H,4-5,8-9,16-17H2,1-3H3,(H,26,28). The van der Waals surface area contributed by atoms with Crippen LogP contribution in [0.2, 0.25) is 0 Å². The molecular weight excluding hydrogens is 424 g/mol. The molecule has 3 rings (SSSR count). The minimum atomic E-state index is -3.48. The summed E-state index contributed by atoms with van der Waals surface area (Å²) in [6.07, 6.45) is 3.96. The minimum Gasteiger partial charge on any atom is -0.481 e. The van der Waals surface area contributed by atoms with Crippen molar-refractivity contribution in [2.45, 2.75) is 75.8 Å². The molecule has 7 heteroatoms.